The molecule has 1 heterocycles. The zero-order valence-corrected chi connectivity index (χ0v) is 17.5. The highest BCUT2D eigenvalue weighted by molar-refractivity contribution is 6.43. The van der Waals surface area contributed by atoms with Gasteiger partial charge in [0.25, 0.3) is 11.8 Å². The van der Waals surface area contributed by atoms with E-state index < -0.39 is 29.6 Å². The molecule has 8 heteroatoms. The van der Waals surface area contributed by atoms with Crippen molar-refractivity contribution in [2.75, 3.05) is 5.32 Å². The number of rotatable bonds is 5. The summed E-state index contributed by atoms with van der Waals surface area (Å²) in [7, 11) is 0. The van der Waals surface area contributed by atoms with Crippen LogP contribution in [0.1, 0.15) is 26.3 Å². The van der Waals surface area contributed by atoms with Crippen LogP contribution in [0.4, 0.5) is 10.1 Å². The largest absolute Gasteiger partial charge is 0.324 e. The van der Waals surface area contributed by atoms with Gasteiger partial charge in [0.1, 0.15) is 11.9 Å². The Hall–Kier alpha value is -3.22. The molecule has 0 aromatic heterocycles. The first-order valence-electron chi connectivity index (χ1n) is 9.32. The van der Waals surface area contributed by atoms with Crippen molar-refractivity contribution >= 4 is 46.6 Å². The number of imide groups is 1. The minimum absolute atomic E-state index is 0.0899. The maximum absolute atomic E-state index is 13.2. The zero-order chi connectivity index (χ0) is 22.1. The van der Waals surface area contributed by atoms with Gasteiger partial charge in [0.05, 0.1) is 21.2 Å². The molecule has 3 aromatic rings. The number of anilines is 1. The number of nitrogens with zero attached hydrogens (tertiary/aromatic N) is 1. The molecule has 31 heavy (non-hydrogen) atoms. The van der Waals surface area contributed by atoms with Crippen LogP contribution in [0.5, 0.6) is 0 Å². The fourth-order valence-corrected chi connectivity index (χ4v) is 3.76. The minimum atomic E-state index is -1.14. The summed E-state index contributed by atoms with van der Waals surface area (Å²) in [6.07, 6.45) is 0.0980. The zero-order valence-electron chi connectivity index (χ0n) is 15.9. The highest BCUT2D eigenvalue weighted by atomic mass is 35.5. The molecule has 0 saturated carbocycles. The molecule has 156 valence electrons. The van der Waals surface area contributed by atoms with Gasteiger partial charge in [0.2, 0.25) is 5.91 Å². The average Bonchev–Trinajstić information content (AvgIpc) is 2.99. The molecule has 0 saturated heterocycles. The van der Waals surface area contributed by atoms with Gasteiger partial charge in [0, 0.05) is 12.1 Å². The lowest BCUT2D eigenvalue weighted by atomic mass is 10.0. The number of carbonyl (C=O) groups is 3. The van der Waals surface area contributed by atoms with Gasteiger partial charge in [0.15, 0.2) is 0 Å². The number of hydrogen-bond donors (Lipinski definition) is 1. The van der Waals surface area contributed by atoms with Gasteiger partial charge in [-0.05, 0) is 42.0 Å². The Balaban J connectivity index is 1.70. The van der Waals surface area contributed by atoms with Gasteiger partial charge in [-0.3, -0.25) is 19.3 Å². The Kier molecular flexibility index (Phi) is 5.76. The third-order valence-corrected chi connectivity index (χ3v) is 5.68. The second kappa shape index (κ2) is 8.49. The number of halogens is 3. The van der Waals surface area contributed by atoms with Gasteiger partial charge < -0.3 is 5.32 Å². The first-order chi connectivity index (χ1) is 14.8. The molecule has 1 aliphatic heterocycles. The topological polar surface area (TPSA) is 66.5 Å². The van der Waals surface area contributed by atoms with Gasteiger partial charge >= 0.3 is 0 Å². The van der Waals surface area contributed by atoms with Crippen LogP contribution in [0, 0.1) is 5.82 Å². The second-order valence-corrected chi connectivity index (χ2v) is 7.81. The van der Waals surface area contributed by atoms with Crippen LogP contribution in [0.15, 0.2) is 66.7 Å². The summed E-state index contributed by atoms with van der Waals surface area (Å²) in [5, 5.41) is 2.93. The van der Waals surface area contributed by atoms with Crippen LogP contribution in [-0.4, -0.2) is 28.7 Å². The molecule has 1 atom stereocenters. The number of fused-ring (bicyclic) bond motifs is 1. The van der Waals surface area contributed by atoms with E-state index in [2.05, 4.69) is 5.32 Å². The summed E-state index contributed by atoms with van der Waals surface area (Å²) in [6.45, 7) is 0. The third-order valence-electron chi connectivity index (χ3n) is 4.96. The van der Waals surface area contributed by atoms with Gasteiger partial charge in [-0.1, -0.05) is 53.5 Å². The van der Waals surface area contributed by atoms with Crippen molar-refractivity contribution in [2.45, 2.75) is 12.5 Å². The summed E-state index contributed by atoms with van der Waals surface area (Å²) in [6, 6.07) is 15.7. The van der Waals surface area contributed by atoms with Gasteiger partial charge in [-0.15, -0.1) is 0 Å². The minimum Gasteiger partial charge on any atom is -0.324 e. The van der Waals surface area contributed by atoms with Crippen LogP contribution >= 0.6 is 23.2 Å². The van der Waals surface area contributed by atoms with Crippen molar-refractivity contribution in [2.24, 2.45) is 0 Å². The number of amides is 3. The Morgan fingerprint density at radius 2 is 1.45 bits per heavy atom. The quantitative estimate of drug-likeness (QED) is 0.550. The Morgan fingerprint density at radius 1 is 0.903 bits per heavy atom. The van der Waals surface area contributed by atoms with Crippen molar-refractivity contribution in [3.63, 3.8) is 0 Å². The summed E-state index contributed by atoms with van der Waals surface area (Å²) in [4.78, 5) is 40.2. The van der Waals surface area contributed by atoms with E-state index in [-0.39, 0.29) is 27.6 Å². The van der Waals surface area contributed by atoms with E-state index >= 15 is 0 Å². The molecular formula is C23H15Cl2FN2O3. The lowest BCUT2D eigenvalue weighted by molar-refractivity contribution is -0.119. The van der Waals surface area contributed by atoms with Crippen molar-refractivity contribution in [3.8, 4) is 0 Å². The lowest BCUT2D eigenvalue weighted by Crippen LogP contribution is -2.48. The molecule has 4 rings (SSSR count). The summed E-state index contributed by atoms with van der Waals surface area (Å²) < 4.78 is 13.2. The van der Waals surface area contributed by atoms with E-state index in [1.165, 1.54) is 36.4 Å². The lowest BCUT2D eigenvalue weighted by Gasteiger charge is -2.25. The molecular weight excluding hydrogens is 442 g/mol. The average molecular weight is 457 g/mol. The maximum Gasteiger partial charge on any atom is 0.262 e. The van der Waals surface area contributed by atoms with Gasteiger partial charge in [-0.25, -0.2) is 4.39 Å². The molecule has 0 radical (unpaired) electrons. The van der Waals surface area contributed by atoms with Crippen molar-refractivity contribution in [3.05, 3.63) is 99.3 Å². The highest BCUT2D eigenvalue weighted by Crippen LogP contribution is 2.33. The van der Waals surface area contributed by atoms with E-state index in [0.29, 0.717) is 5.69 Å². The predicted octanol–water partition coefficient (Wildman–Crippen LogP) is 4.98. The summed E-state index contributed by atoms with van der Waals surface area (Å²) in [5.74, 6) is -2.29. The van der Waals surface area contributed by atoms with Crippen molar-refractivity contribution in [1.82, 2.24) is 4.90 Å². The molecule has 1 aliphatic rings. The maximum atomic E-state index is 13.2. The number of nitrogens with one attached hydrogen (secondary N) is 1. The molecule has 0 bridgehead atoms. The van der Waals surface area contributed by atoms with Crippen LogP contribution < -0.4 is 5.32 Å². The van der Waals surface area contributed by atoms with Crippen molar-refractivity contribution < 1.29 is 18.8 Å². The Bertz CT molecular complexity index is 1140. The number of hydrogen-bond acceptors (Lipinski definition) is 3. The van der Waals surface area contributed by atoms with Gasteiger partial charge in [-0.2, -0.15) is 0 Å². The molecule has 0 aliphatic carbocycles. The van der Waals surface area contributed by atoms with E-state index in [1.54, 1.807) is 24.3 Å². The van der Waals surface area contributed by atoms with E-state index in [4.69, 9.17) is 23.2 Å². The SMILES string of the molecule is O=C(Nc1ccc(F)cc1)[C@@H](Cc1ccccc1)N1C(=O)c2cc(Cl)c(Cl)cc2C1=O. The third kappa shape index (κ3) is 4.17. The summed E-state index contributed by atoms with van der Waals surface area (Å²) >= 11 is 12.0. The molecule has 0 unspecified atom stereocenters. The Labute approximate surface area is 187 Å². The molecule has 3 amide bonds. The number of carbonyl (C=O) groups excluding carboxylic acids is 3. The Morgan fingerprint density at radius 3 is 2.00 bits per heavy atom. The van der Waals surface area contributed by atoms with Crippen LogP contribution in [0.3, 0.4) is 0 Å². The van der Waals surface area contributed by atoms with Crippen LogP contribution in [0.25, 0.3) is 0 Å². The second-order valence-electron chi connectivity index (χ2n) is 6.99. The normalized spacial score (nSPS) is 13.8. The molecule has 0 spiro atoms. The predicted molar refractivity (Wildman–Crippen MR) is 116 cm³/mol. The van der Waals surface area contributed by atoms with Crippen LogP contribution in [0.2, 0.25) is 10.0 Å². The standard InChI is InChI=1S/C23H15Cl2FN2O3/c24-18-11-16-17(12-19(18)25)23(31)28(22(16)30)20(10-13-4-2-1-3-5-13)21(29)27-15-8-6-14(26)7-9-15/h1-9,11-12,20H,10H2,(H,27,29)/t20-/m1/s1. The van der Waals surface area contributed by atoms with Crippen LogP contribution in [-0.2, 0) is 11.2 Å². The fraction of sp³-hybridized carbons (Fsp3) is 0.0870. The molecule has 1 N–H and O–H groups in total. The first-order valence-corrected chi connectivity index (χ1v) is 10.1. The van der Waals surface area contributed by atoms with E-state index in [0.717, 1.165) is 10.5 Å². The van der Waals surface area contributed by atoms with E-state index in [1.807, 2.05) is 6.07 Å². The smallest absolute Gasteiger partial charge is 0.262 e. The highest BCUT2D eigenvalue weighted by Gasteiger charge is 2.43. The van der Waals surface area contributed by atoms with E-state index in [9.17, 15) is 18.8 Å². The van der Waals surface area contributed by atoms with Crippen molar-refractivity contribution in [1.29, 1.82) is 0 Å². The first kappa shape index (κ1) is 21.0. The fourth-order valence-electron chi connectivity index (χ4n) is 3.43. The molecule has 0 fully saturated rings. The molecule has 3 aromatic carbocycles. The summed E-state index contributed by atoms with van der Waals surface area (Å²) in [5.41, 5.74) is 1.28. The monoisotopic (exact) mass is 456 g/mol. The molecule has 5 nitrogen and oxygen atoms in total. The number of benzene rings is 3.